The molecule has 2 heterocycles. The zero-order chi connectivity index (χ0) is 26.2. The van der Waals surface area contributed by atoms with Crippen LogP contribution in [0.3, 0.4) is 0 Å². The number of methoxy groups -OCH3 is 2. The van der Waals surface area contributed by atoms with Crippen LogP contribution in [0.15, 0.2) is 64.6 Å². The number of benzene rings is 2. The largest absolute Gasteiger partial charge is 0.507 e. The lowest BCUT2D eigenvalue weighted by Crippen LogP contribution is -2.29. The number of hydrogen-bond acceptors (Lipinski definition) is 6. The maximum atomic E-state index is 13.4. The number of aliphatic hydroxyl groups is 1. The first-order valence-electron chi connectivity index (χ1n) is 11.7. The number of para-hydroxylation sites is 1. The van der Waals surface area contributed by atoms with E-state index in [1.807, 2.05) is 39.0 Å². The number of amides is 1. The van der Waals surface area contributed by atoms with Gasteiger partial charge in [0, 0.05) is 16.7 Å². The van der Waals surface area contributed by atoms with Crippen LogP contribution in [-0.4, -0.2) is 35.9 Å². The summed E-state index contributed by atoms with van der Waals surface area (Å²) >= 11 is 0. The van der Waals surface area contributed by atoms with Gasteiger partial charge in [0.05, 0.1) is 26.3 Å². The van der Waals surface area contributed by atoms with Crippen molar-refractivity contribution in [3.63, 3.8) is 0 Å². The molecule has 1 aromatic heterocycles. The monoisotopic (exact) mass is 489 g/mol. The van der Waals surface area contributed by atoms with E-state index in [1.54, 1.807) is 57.5 Å². The SMILES string of the molecule is COc1ccccc1CN1C(=O)C(=O)/C(=C(/O)c2ccc(OC)c(C(C)(C)C)c2)C1c1ccc(C)o1. The highest BCUT2D eigenvalue weighted by atomic mass is 16.5. The first kappa shape index (κ1) is 25.1. The molecule has 4 rings (SSSR count). The minimum atomic E-state index is -0.899. The summed E-state index contributed by atoms with van der Waals surface area (Å²) < 4.78 is 16.8. The normalized spacial score (nSPS) is 17.5. The lowest BCUT2D eigenvalue weighted by Gasteiger charge is -2.25. The van der Waals surface area contributed by atoms with Gasteiger partial charge in [-0.15, -0.1) is 0 Å². The number of carbonyl (C=O) groups excluding carboxylic acids is 2. The Labute approximate surface area is 210 Å². The highest BCUT2D eigenvalue weighted by Crippen LogP contribution is 2.42. The maximum Gasteiger partial charge on any atom is 0.296 e. The molecule has 1 atom stereocenters. The molecule has 1 aliphatic heterocycles. The van der Waals surface area contributed by atoms with Crippen molar-refractivity contribution in [1.82, 2.24) is 4.90 Å². The number of likely N-dealkylation sites (tertiary alicyclic amines) is 1. The van der Waals surface area contributed by atoms with E-state index in [9.17, 15) is 14.7 Å². The summed E-state index contributed by atoms with van der Waals surface area (Å²) in [7, 11) is 3.14. The second-order valence-electron chi connectivity index (χ2n) is 9.85. The third kappa shape index (κ3) is 4.49. The van der Waals surface area contributed by atoms with Crippen molar-refractivity contribution in [2.75, 3.05) is 14.2 Å². The molecule has 1 unspecified atom stereocenters. The van der Waals surface area contributed by atoms with Gasteiger partial charge in [-0.05, 0) is 48.7 Å². The average Bonchev–Trinajstić information content (AvgIpc) is 3.39. The number of aliphatic hydroxyl groups excluding tert-OH is 1. The van der Waals surface area contributed by atoms with Gasteiger partial charge < -0.3 is 23.9 Å². The van der Waals surface area contributed by atoms with E-state index in [4.69, 9.17) is 13.9 Å². The van der Waals surface area contributed by atoms with Crippen LogP contribution in [0.1, 0.15) is 55.0 Å². The molecule has 1 fully saturated rings. The van der Waals surface area contributed by atoms with Gasteiger partial charge in [0.15, 0.2) is 0 Å². The number of aryl methyl sites for hydroxylation is 1. The Hall–Kier alpha value is -4.00. The lowest BCUT2D eigenvalue weighted by molar-refractivity contribution is -0.140. The summed E-state index contributed by atoms with van der Waals surface area (Å²) in [4.78, 5) is 28.1. The van der Waals surface area contributed by atoms with Crippen molar-refractivity contribution in [3.05, 3.63) is 88.4 Å². The number of Topliss-reactive ketones (excluding diaryl/α,β-unsaturated/α-hetero) is 1. The highest BCUT2D eigenvalue weighted by molar-refractivity contribution is 6.46. The van der Waals surface area contributed by atoms with E-state index in [-0.39, 0.29) is 23.3 Å². The summed E-state index contributed by atoms with van der Waals surface area (Å²) in [5, 5.41) is 11.5. The minimum absolute atomic E-state index is 0.0192. The van der Waals surface area contributed by atoms with Gasteiger partial charge in [-0.3, -0.25) is 9.59 Å². The number of carbonyl (C=O) groups is 2. The molecule has 36 heavy (non-hydrogen) atoms. The Bertz CT molecular complexity index is 1340. The number of furan rings is 1. The van der Waals surface area contributed by atoms with Crippen LogP contribution >= 0.6 is 0 Å². The predicted molar refractivity (Wildman–Crippen MR) is 136 cm³/mol. The second kappa shape index (κ2) is 9.57. The fraction of sp³-hybridized carbons (Fsp3) is 0.310. The minimum Gasteiger partial charge on any atom is -0.507 e. The molecule has 0 radical (unpaired) electrons. The molecule has 1 N–H and O–H groups in total. The fourth-order valence-electron chi connectivity index (χ4n) is 4.55. The van der Waals surface area contributed by atoms with Gasteiger partial charge in [0.2, 0.25) is 0 Å². The standard InChI is InChI=1S/C29H31NO6/c1-17-11-13-23(36-17)25-24(26(31)18-12-14-22(35-6)20(15-18)29(2,3)4)27(32)28(33)30(25)16-19-9-7-8-10-21(19)34-5/h7-15,25,31H,16H2,1-6H3/b26-24+. The first-order chi connectivity index (χ1) is 17.1. The van der Waals surface area contributed by atoms with Gasteiger partial charge in [-0.25, -0.2) is 0 Å². The third-order valence-corrected chi connectivity index (χ3v) is 6.38. The van der Waals surface area contributed by atoms with E-state index in [2.05, 4.69) is 0 Å². The number of ketones is 1. The zero-order valence-electron chi connectivity index (χ0n) is 21.4. The summed E-state index contributed by atoms with van der Waals surface area (Å²) in [5.74, 6) is 0.552. The molecule has 1 saturated heterocycles. The molecule has 188 valence electrons. The second-order valence-corrected chi connectivity index (χ2v) is 9.85. The van der Waals surface area contributed by atoms with Crippen molar-refractivity contribution < 1.29 is 28.6 Å². The van der Waals surface area contributed by atoms with E-state index in [0.717, 1.165) is 11.1 Å². The molecule has 3 aromatic rings. The number of nitrogens with zero attached hydrogens (tertiary/aromatic N) is 1. The quantitative estimate of drug-likeness (QED) is 0.278. The number of hydrogen-bond donors (Lipinski definition) is 1. The first-order valence-corrected chi connectivity index (χ1v) is 11.7. The molecule has 0 aliphatic carbocycles. The van der Waals surface area contributed by atoms with Crippen LogP contribution < -0.4 is 9.47 Å². The maximum absolute atomic E-state index is 13.4. The van der Waals surface area contributed by atoms with Crippen molar-refractivity contribution in [2.24, 2.45) is 0 Å². The molecule has 7 nitrogen and oxygen atoms in total. The van der Waals surface area contributed by atoms with Gasteiger partial charge >= 0.3 is 0 Å². The summed E-state index contributed by atoms with van der Waals surface area (Å²) in [5.41, 5.74) is 1.71. The Morgan fingerprint density at radius 1 is 1.00 bits per heavy atom. The van der Waals surface area contributed by atoms with Gasteiger partial charge in [0.1, 0.15) is 34.8 Å². The van der Waals surface area contributed by atoms with Crippen molar-refractivity contribution in [3.8, 4) is 11.5 Å². The number of rotatable bonds is 6. The molecule has 1 aliphatic rings. The molecule has 0 saturated carbocycles. The van der Waals surface area contributed by atoms with E-state index in [0.29, 0.717) is 28.6 Å². The molecular formula is C29H31NO6. The molecule has 2 aromatic carbocycles. The number of ether oxygens (including phenoxy) is 2. The van der Waals surface area contributed by atoms with Gasteiger partial charge in [0.25, 0.3) is 11.7 Å². The Morgan fingerprint density at radius 2 is 1.69 bits per heavy atom. The van der Waals surface area contributed by atoms with Crippen LogP contribution in [0, 0.1) is 6.92 Å². The van der Waals surface area contributed by atoms with Crippen LogP contribution in [0.5, 0.6) is 11.5 Å². The van der Waals surface area contributed by atoms with Gasteiger partial charge in [-0.1, -0.05) is 39.0 Å². The van der Waals surface area contributed by atoms with E-state index >= 15 is 0 Å². The Morgan fingerprint density at radius 3 is 2.31 bits per heavy atom. The summed E-state index contributed by atoms with van der Waals surface area (Å²) in [6, 6.07) is 15.1. The summed E-state index contributed by atoms with van der Waals surface area (Å²) in [6.07, 6.45) is 0. The fourth-order valence-corrected chi connectivity index (χ4v) is 4.55. The van der Waals surface area contributed by atoms with E-state index < -0.39 is 17.7 Å². The molecular weight excluding hydrogens is 458 g/mol. The molecule has 0 spiro atoms. The van der Waals surface area contributed by atoms with Crippen LogP contribution in [0.4, 0.5) is 0 Å². The van der Waals surface area contributed by atoms with Crippen molar-refractivity contribution >= 4 is 17.4 Å². The Balaban J connectivity index is 1.88. The molecule has 7 heteroatoms. The van der Waals surface area contributed by atoms with E-state index in [1.165, 1.54) is 4.90 Å². The predicted octanol–water partition coefficient (Wildman–Crippen LogP) is 5.52. The average molecular weight is 490 g/mol. The summed E-state index contributed by atoms with van der Waals surface area (Å²) in [6.45, 7) is 7.99. The van der Waals surface area contributed by atoms with Crippen LogP contribution in [-0.2, 0) is 21.5 Å². The van der Waals surface area contributed by atoms with Gasteiger partial charge in [-0.2, -0.15) is 0 Å². The zero-order valence-corrected chi connectivity index (χ0v) is 21.4. The van der Waals surface area contributed by atoms with Crippen molar-refractivity contribution in [1.29, 1.82) is 0 Å². The lowest BCUT2D eigenvalue weighted by atomic mass is 9.84. The van der Waals surface area contributed by atoms with Crippen molar-refractivity contribution in [2.45, 2.75) is 45.7 Å². The molecule has 1 amide bonds. The highest BCUT2D eigenvalue weighted by Gasteiger charge is 2.47. The van der Waals surface area contributed by atoms with Crippen LogP contribution in [0.25, 0.3) is 5.76 Å². The smallest absolute Gasteiger partial charge is 0.296 e. The molecule has 0 bridgehead atoms. The van der Waals surface area contributed by atoms with Crippen LogP contribution in [0.2, 0.25) is 0 Å². The topological polar surface area (TPSA) is 89.2 Å². The Kier molecular flexibility index (Phi) is 6.67. The third-order valence-electron chi connectivity index (χ3n) is 6.38.